The molecule has 3 rings (SSSR count). The van der Waals surface area contributed by atoms with Crippen molar-refractivity contribution in [1.82, 2.24) is 4.90 Å². The SMILES string of the molecule is CCCN(Cc1ccccc1)Cc1cc(=O)oc2c(C)cc(C)cc12. The summed E-state index contributed by atoms with van der Waals surface area (Å²) in [6, 6.07) is 16.3. The van der Waals surface area contributed by atoms with Crippen molar-refractivity contribution in [3.8, 4) is 0 Å². The highest BCUT2D eigenvalue weighted by molar-refractivity contribution is 5.83. The first-order chi connectivity index (χ1) is 12.1. The van der Waals surface area contributed by atoms with E-state index in [1.807, 2.05) is 13.0 Å². The topological polar surface area (TPSA) is 33.5 Å². The lowest BCUT2D eigenvalue weighted by molar-refractivity contribution is 0.257. The maximum atomic E-state index is 12.1. The standard InChI is InChI=1S/C22H25NO2/c1-4-10-23(14-18-8-6-5-7-9-18)15-19-13-21(24)25-22-17(3)11-16(2)12-20(19)22/h5-9,11-13H,4,10,14-15H2,1-3H3. The van der Waals surface area contributed by atoms with Crippen molar-refractivity contribution in [2.45, 2.75) is 40.3 Å². The fourth-order valence-electron chi connectivity index (χ4n) is 3.42. The van der Waals surface area contributed by atoms with Gasteiger partial charge in [0.25, 0.3) is 0 Å². The van der Waals surface area contributed by atoms with Crippen molar-refractivity contribution in [2.75, 3.05) is 6.54 Å². The highest BCUT2D eigenvalue weighted by Gasteiger charge is 2.13. The van der Waals surface area contributed by atoms with Crippen molar-refractivity contribution in [3.63, 3.8) is 0 Å². The Hall–Kier alpha value is -2.39. The lowest BCUT2D eigenvalue weighted by Crippen LogP contribution is -2.24. The minimum absolute atomic E-state index is 0.273. The average molecular weight is 335 g/mol. The van der Waals surface area contributed by atoms with Crippen LogP contribution in [-0.4, -0.2) is 11.4 Å². The van der Waals surface area contributed by atoms with E-state index in [-0.39, 0.29) is 5.63 Å². The van der Waals surface area contributed by atoms with Crippen LogP contribution in [0.2, 0.25) is 0 Å². The van der Waals surface area contributed by atoms with Crippen LogP contribution in [-0.2, 0) is 13.1 Å². The van der Waals surface area contributed by atoms with Gasteiger partial charge in [-0.15, -0.1) is 0 Å². The zero-order valence-corrected chi connectivity index (χ0v) is 15.2. The Labute approximate surface area is 148 Å². The van der Waals surface area contributed by atoms with E-state index < -0.39 is 0 Å². The predicted molar refractivity (Wildman–Crippen MR) is 103 cm³/mol. The molecule has 0 aliphatic carbocycles. The highest BCUT2D eigenvalue weighted by atomic mass is 16.4. The van der Waals surface area contributed by atoms with Crippen LogP contribution in [0.5, 0.6) is 0 Å². The molecular weight excluding hydrogens is 310 g/mol. The van der Waals surface area contributed by atoms with Crippen LogP contribution in [0.25, 0.3) is 11.0 Å². The van der Waals surface area contributed by atoms with Gasteiger partial charge in [0, 0.05) is 24.5 Å². The lowest BCUT2D eigenvalue weighted by atomic mass is 10.0. The third kappa shape index (κ3) is 4.18. The van der Waals surface area contributed by atoms with Crippen LogP contribution in [0.4, 0.5) is 0 Å². The van der Waals surface area contributed by atoms with Gasteiger partial charge in [0.05, 0.1) is 0 Å². The summed E-state index contributed by atoms with van der Waals surface area (Å²) in [5.74, 6) is 0. The smallest absolute Gasteiger partial charge is 0.336 e. The fourth-order valence-corrected chi connectivity index (χ4v) is 3.42. The summed E-state index contributed by atoms with van der Waals surface area (Å²) in [6.07, 6.45) is 1.07. The van der Waals surface area contributed by atoms with Gasteiger partial charge in [-0.25, -0.2) is 4.79 Å². The van der Waals surface area contributed by atoms with Gasteiger partial charge in [-0.1, -0.05) is 43.3 Å². The first-order valence-corrected chi connectivity index (χ1v) is 8.87. The van der Waals surface area contributed by atoms with Crippen molar-refractivity contribution in [3.05, 3.63) is 81.2 Å². The second-order valence-corrected chi connectivity index (χ2v) is 6.75. The fraction of sp³-hybridized carbons (Fsp3) is 0.318. The summed E-state index contributed by atoms with van der Waals surface area (Å²) >= 11 is 0. The van der Waals surface area contributed by atoms with E-state index in [2.05, 4.69) is 55.1 Å². The van der Waals surface area contributed by atoms with Crippen LogP contribution >= 0.6 is 0 Å². The molecule has 0 unspecified atom stereocenters. The minimum atomic E-state index is -0.273. The van der Waals surface area contributed by atoms with Crippen molar-refractivity contribution in [1.29, 1.82) is 0 Å². The second kappa shape index (κ2) is 7.66. The Kier molecular flexibility index (Phi) is 5.34. The number of benzene rings is 2. The van der Waals surface area contributed by atoms with Crippen LogP contribution < -0.4 is 5.63 Å². The monoisotopic (exact) mass is 335 g/mol. The largest absolute Gasteiger partial charge is 0.422 e. The van der Waals surface area contributed by atoms with E-state index in [9.17, 15) is 4.79 Å². The molecule has 0 radical (unpaired) electrons. The van der Waals surface area contributed by atoms with Gasteiger partial charge >= 0.3 is 5.63 Å². The molecule has 0 saturated heterocycles. The summed E-state index contributed by atoms with van der Waals surface area (Å²) in [5, 5.41) is 1.05. The third-order valence-electron chi connectivity index (χ3n) is 4.44. The molecule has 0 aliphatic heterocycles. The molecule has 0 N–H and O–H groups in total. The molecule has 0 spiro atoms. The van der Waals surface area contributed by atoms with Crippen LogP contribution in [0.3, 0.4) is 0 Å². The van der Waals surface area contributed by atoms with Gasteiger partial charge in [-0.3, -0.25) is 4.90 Å². The van der Waals surface area contributed by atoms with E-state index in [0.717, 1.165) is 42.6 Å². The molecule has 0 saturated carbocycles. The summed E-state index contributed by atoms with van der Waals surface area (Å²) in [6.45, 7) is 8.87. The van der Waals surface area contributed by atoms with E-state index in [0.29, 0.717) is 5.58 Å². The third-order valence-corrected chi connectivity index (χ3v) is 4.44. The molecule has 0 atom stereocenters. The maximum absolute atomic E-state index is 12.1. The Morgan fingerprint density at radius 2 is 1.76 bits per heavy atom. The van der Waals surface area contributed by atoms with Gasteiger partial charge < -0.3 is 4.42 Å². The van der Waals surface area contributed by atoms with E-state index in [4.69, 9.17) is 4.42 Å². The number of hydrogen-bond donors (Lipinski definition) is 0. The van der Waals surface area contributed by atoms with Crippen molar-refractivity contribution in [2.24, 2.45) is 0 Å². The normalized spacial score (nSPS) is 11.4. The van der Waals surface area contributed by atoms with Crippen LogP contribution in [0.15, 0.2) is 57.7 Å². The zero-order chi connectivity index (χ0) is 17.8. The molecular formula is C22H25NO2. The molecule has 2 aromatic carbocycles. The summed E-state index contributed by atoms with van der Waals surface area (Å²) in [4.78, 5) is 14.4. The number of hydrogen-bond acceptors (Lipinski definition) is 3. The number of rotatable bonds is 6. The van der Waals surface area contributed by atoms with Gasteiger partial charge in [0.1, 0.15) is 5.58 Å². The quantitative estimate of drug-likeness (QED) is 0.605. The van der Waals surface area contributed by atoms with Crippen LogP contribution in [0.1, 0.15) is 35.6 Å². The van der Waals surface area contributed by atoms with Crippen molar-refractivity contribution >= 4 is 11.0 Å². The lowest BCUT2D eigenvalue weighted by Gasteiger charge is -2.22. The number of fused-ring (bicyclic) bond motifs is 1. The molecule has 3 aromatic rings. The number of aryl methyl sites for hydroxylation is 2. The summed E-state index contributed by atoms with van der Waals surface area (Å²) < 4.78 is 5.47. The Balaban J connectivity index is 1.98. The molecule has 1 aromatic heterocycles. The Morgan fingerprint density at radius 1 is 1.00 bits per heavy atom. The summed E-state index contributed by atoms with van der Waals surface area (Å²) in [7, 11) is 0. The Bertz CT molecular complexity index is 912. The molecule has 0 bridgehead atoms. The molecule has 0 aliphatic rings. The molecule has 0 fully saturated rings. The van der Waals surface area contributed by atoms with E-state index in [1.54, 1.807) is 6.07 Å². The molecule has 3 heteroatoms. The molecule has 1 heterocycles. The minimum Gasteiger partial charge on any atom is -0.422 e. The van der Waals surface area contributed by atoms with Gasteiger partial charge in [0.15, 0.2) is 0 Å². The first-order valence-electron chi connectivity index (χ1n) is 8.87. The average Bonchev–Trinajstić information content (AvgIpc) is 2.57. The molecule has 25 heavy (non-hydrogen) atoms. The van der Waals surface area contributed by atoms with Crippen molar-refractivity contribution < 1.29 is 4.42 Å². The van der Waals surface area contributed by atoms with Gasteiger partial charge in [-0.05, 0) is 55.1 Å². The Morgan fingerprint density at radius 3 is 2.48 bits per heavy atom. The zero-order valence-electron chi connectivity index (χ0n) is 15.2. The summed E-state index contributed by atoms with van der Waals surface area (Å²) in [5.41, 5.74) is 4.97. The molecule has 3 nitrogen and oxygen atoms in total. The number of nitrogens with zero attached hydrogens (tertiary/aromatic N) is 1. The van der Waals surface area contributed by atoms with Gasteiger partial charge in [-0.2, -0.15) is 0 Å². The maximum Gasteiger partial charge on any atom is 0.336 e. The first kappa shape index (κ1) is 17.4. The van der Waals surface area contributed by atoms with Gasteiger partial charge in [0.2, 0.25) is 0 Å². The van der Waals surface area contributed by atoms with E-state index >= 15 is 0 Å². The second-order valence-electron chi connectivity index (χ2n) is 6.75. The molecule has 130 valence electrons. The van der Waals surface area contributed by atoms with Crippen LogP contribution in [0, 0.1) is 13.8 Å². The highest BCUT2D eigenvalue weighted by Crippen LogP contribution is 2.24. The predicted octanol–water partition coefficient (Wildman–Crippen LogP) is 4.82. The van der Waals surface area contributed by atoms with E-state index in [1.165, 1.54) is 11.1 Å². The molecule has 0 amide bonds.